The van der Waals surface area contributed by atoms with Gasteiger partial charge in [0.15, 0.2) is 0 Å². The Bertz CT molecular complexity index is 804. The Morgan fingerprint density at radius 1 is 1.33 bits per heavy atom. The lowest BCUT2D eigenvalue weighted by molar-refractivity contribution is 1.06. The number of hydrogen-bond acceptors (Lipinski definition) is 2. The molecule has 0 fully saturated rings. The second-order valence-electron chi connectivity index (χ2n) is 4.04. The van der Waals surface area contributed by atoms with Crippen molar-refractivity contribution in [2.45, 2.75) is 6.92 Å². The Morgan fingerprint density at radius 3 is 3.00 bits per heavy atom. The normalized spacial score (nSPS) is 11.3. The van der Waals surface area contributed by atoms with Crippen molar-refractivity contribution in [3.63, 3.8) is 0 Å². The summed E-state index contributed by atoms with van der Waals surface area (Å²) in [4.78, 5) is 9.02. The standard InChI is InChI=1S/C15H11N3/c1-3-4-7-12-11(2)16-10-18-14-9-6-5-8-13(14)17-15(12)18/h1,4-10H,2H3/b7-4-. The second kappa shape index (κ2) is 4.01. The average Bonchev–Trinajstić information content (AvgIpc) is 2.76. The summed E-state index contributed by atoms with van der Waals surface area (Å²) < 4.78 is 1.98. The predicted octanol–water partition coefficient (Wildman–Crippen LogP) is 2.84. The molecule has 0 aliphatic heterocycles. The van der Waals surface area contributed by atoms with Crippen LogP contribution < -0.4 is 0 Å². The number of allylic oxidation sites excluding steroid dienone is 1. The van der Waals surface area contributed by atoms with Crippen molar-refractivity contribution in [1.29, 1.82) is 0 Å². The lowest BCUT2D eigenvalue weighted by Crippen LogP contribution is -1.94. The fraction of sp³-hybridized carbons (Fsp3) is 0.0667. The summed E-state index contributed by atoms with van der Waals surface area (Å²) in [5.74, 6) is 2.50. The first kappa shape index (κ1) is 10.5. The molecule has 0 saturated carbocycles. The van der Waals surface area contributed by atoms with Crippen LogP contribution >= 0.6 is 0 Å². The number of benzene rings is 1. The molecule has 0 radical (unpaired) electrons. The van der Waals surface area contributed by atoms with Crippen LogP contribution in [0.3, 0.4) is 0 Å². The number of aryl methyl sites for hydroxylation is 1. The van der Waals surface area contributed by atoms with Gasteiger partial charge in [0.05, 0.1) is 16.7 Å². The monoisotopic (exact) mass is 233 g/mol. The smallest absolute Gasteiger partial charge is 0.148 e. The van der Waals surface area contributed by atoms with Crippen LogP contribution in [-0.4, -0.2) is 14.4 Å². The number of terminal acetylenes is 1. The van der Waals surface area contributed by atoms with Crippen molar-refractivity contribution in [3.8, 4) is 12.3 Å². The van der Waals surface area contributed by atoms with Gasteiger partial charge in [0.1, 0.15) is 12.0 Å². The highest BCUT2D eigenvalue weighted by Gasteiger charge is 2.09. The molecule has 3 rings (SSSR count). The van der Waals surface area contributed by atoms with Crippen LogP contribution in [0.5, 0.6) is 0 Å². The first-order valence-electron chi connectivity index (χ1n) is 5.66. The van der Waals surface area contributed by atoms with Gasteiger partial charge in [-0.1, -0.05) is 18.1 Å². The van der Waals surface area contributed by atoms with Crippen LogP contribution in [0.15, 0.2) is 36.7 Å². The zero-order chi connectivity index (χ0) is 12.5. The number of hydrogen-bond donors (Lipinski definition) is 0. The van der Waals surface area contributed by atoms with Crippen LogP contribution in [0.25, 0.3) is 22.8 Å². The minimum Gasteiger partial charge on any atom is -0.282 e. The third-order valence-electron chi connectivity index (χ3n) is 2.94. The minimum absolute atomic E-state index is 0.884. The molecule has 2 aromatic heterocycles. The number of aromatic nitrogens is 3. The van der Waals surface area contributed by atoms with E-state index in [2.05, 4.69) is 15.9 Å². The van der Waals surface area contributed by atoms with E-state index >= 15 is 0 Å². The van der Waals surface area contributed by atoms with Crippen LogP contribution in [0.2, 0.25) is 0 Å². The highest BCUT2D eigenvalue weighted by Crippen LogP contribution is 2.20. The zero-order valence-electron chi connectivity index (χ0n) is 9.96. The molecule has 0 atom stereocenters. The van der Waals surface area contributed by atoms with E-state index in [4.69, 9.17) is 6.42 Å². The molecule has 0 unspecified atom stereocenters. The van der Waals surface area contributed by atoms with E-state index < -0.39 is 0 Å². The molecule has 0 amide bonds. The molecule has 0 bridgehead atoms. The van der Waals surface area contributed by atoms with Gasteiger partial charge in [-0.2, -0.15) is 0 Å². The van der Waals surface area contributed by atoms with Crippen molar-refractivity contribution in [2.24, 2.45) is 0 Å². The summed E-state index contributed by atoms with van der Waals surface area (Å²) in [5.41, 5.74) is 4.78. The minimum atomic E-state index is 0.884. The van der Waals surface area contributed by atoms with Gasteiger partial charge in [-0.3, -0.25) is 4.40 Å². The van der Waals surface area contributed by atoms with Gasteiger partial charge in [-0.15, -0.1) is 6.42 Å². The first-order valence-corrected chi connectivity index (χ1v) is 5.66. The highest BCUT2D eigenvalue weighted by atomic mass is 15.0. The Labute approximate surface area is 105 Å². The Balaban J connectivity index is 2.44. The number of fused-ring (bicyclic) bond motifs is 3. The van der Waals surface area contributed by atoms with Gasteiger partial charge in [-0.05, 0) is 31.2 Å². The Kier molecular flexibility index (Phi) is 2.35. The number of imidazole rings is 1. The fourth-order valence-corrected chi connectivity index (χ4v) is 2.05. The molecular formula is C15H11N3. The molecular weight excluding hydrogens is 222 g/mol. The summed E-state index contributed by atoms with van der Waals surface area (Å²) in [6, 6.07) is 7.99. The Hall–Kier alpha value is -2.60. The van der Waals surface area contributed by atoms with Crippen molar-refractivity contribution < 1.29 is 0 Å². The van der Waals surface area contributed by atoms with Crippen LogP contribution in [0.4, 0.5) is 0 Å². The average molecular weight is 233 g/mol. The van der Waals surface area contributed by atoms with Gasteiger partial charge >= 0.3 is 0 Å². The Morgan fingerprint density at radius 2 is 2.17 bits per heavy atom. The van der Waals surface area contributed by atoms with Crippen LogP contribution in [0.1, 0.15) is 11.3 Å². The number of rotatable bonds is 1. The maximum atomic E-state index is 5.26. The van der Waals surface area contributed by atoms with E-state index in [1.54, 1.807) is 12.4 Å². The van der Waals surface area contributed by atoms with Crippen LogP contribution in [-0.2, 0) is 0 Å². The highest BCUT2D eigenvalue weighted by molar-refractivity contribution is 5.83. The third kappa shape index (κ3) is 1.47. The van der Waals surface area contributed by atoms with Gasteiger partial charge in [-0.25, -0.2) is 9.97 Å². The number of para-hydroxylation sites is 2. The van der Waals surface area contributed by atoms with Gasteiger partial charge < -0.3 is 0 Å². The second-order valence-corrected chi connectivity index (χ2v) is 4.04. The summed E-state index contributed by atoms with van der Waals surface area (Å²) in [7, 11) is 0. The van der Waals surface area contributed by atoms with E-state index in [1.165, 1.54) is 0 Å². The molecule has 1 aromatic carbocycles. The molecule has 0 aliphatic rings. The van der Waals surface area contributed by atoms with E-state index in [0.29, 0.717) is 0 Å². The lowest BCUT2D eigenvalue weighted by atomic mass is 10.2. The molecule has 3 nitrogen and oxygen atoms in total. The topological polar surface area (TPSA) is 30.2 Å². The number of nitrogens with zero attached hydrogens (tertiary/aromatic N) is 3. The molecule has 86 valence electrons. The van der Waals surface area contributed by atoms with Gasteiger partial charge in [0.25, 0.3) is 0 Å². The van der Waals surface area contributed by atoms with E-state index in [9.17, 15) is 0 Å². The van der Waals surface area contributed by atoms with Gasteiger partial charge in [0.2, 0.25) is 0 Å². The fourth-order valence-electron chi connectivity index (χ4n) is 2.05. The zero-order valence-corrected chi connectivity index (χ0v) is 9.96. The molecule has 2 heterocycles. The first-order chi connectivity index (χ1) is 8.81. The van der Waals surface area contributed by atoms with E-state index in [1.807, 2.05) is 41.7 Å². The molecule has 3 aromatic rings. The van der Waals surface area contributed by atoms with Crippen molar-refractivity contribution in [3.05, 3.63) is 47.9 Å². The van der Waals surface area contributed by atoms with Crippen molar-refractivity contribution in [2.75, 3.05) is 0 Å². The molecule has 0 saturated heterocycles. The van der Waals surface area contributed by atoms with Crippen molar-refractivity contribution in [1.82, 2.24) is 14.4 Å². The molecule has 0 aliphatic carbocycles. The van der Waals surface area contributed by atoms with E-state index in [0.717, 1.165) is 27.9 Å². The quantitative estimate of drug-likeness (QED) is 0.605. The lowest BCUT2D eigenvalue weighted by Gasteiger charge is -2.01. The summed E-state index contributed by atoms with van der Waals surface area (Å²) in [5, 5.41) is 0. The summed E-state index contributed by atoms with van der Waals surface area (Å²) in [6.07, 6.45) is 10.6. The molecule has 0 N–H and O–H groups in total. The SMILES string of the molecule is C#C/C=C\c1c(C)ncn2c1nc1ccccc12. The predicted molar refractivity (Wildman–Crippen MR) is 73.1 cm³/mol. The maximum absolute atomic E-state index is 5.26. The van der Waals surface area contributed by atoms with Crippen molar-refractivity contribution >= 4 is 22.8 Å². The third-order valence-corrected chi connectivity index (χ3v) is 2.94. The maximum Gasteiger partial charge on any atom is 0.148 e. The molecule has 3 heteroatoms. The van der Waals surface area contributed by atoms with Gasteiger partial charge in [0, 0.05) is 5.56 Å². The van der Waals surface area contributed by atoms with E-state index in [-0.39, 0.29) is 0 Å². The molecule has 0 spiro atoms. The van der Waals surface area contributed by atoms with Crippen LogP contribution in [0, 0.1) is 19.3 Å². The molecule has 18 heavy (non-hydrogen) atoms. The largest absolute Gasteiger partial charge is 0.282 e. The summed E-state index contributed by atoms with van der Waals surface area (Å²) in [6.45, 7) is 1.95. The summed E-state index contributed by atoms with van der Waals surface area (Å²) >= 11 is 0.